The van der Waals surface area contributed by atoms with E-state index < -0.39 is 12.1 Å². The zero-order chi connectivity index (χ0) is 10.3. The Morgan fingerprint density at radius 1 is 1.46 bits per heavy atom. The van der Waals surface area contributed by atoms with Crippen molar-refractivity contribution in [2.24, 2.45) is 5.73 Å². The number of carbonyl (C=O) groups is 1. The Bertz CT molecular complexity index is 193. The lowest BCUT2D eigenvalue weighted by Gasteiger charge is -2.16. The molecule has 6 heteroatoms. The number of hydrogen-bond donors (Lipinski definition) is 5. The highest BCUT2D eigenvalue weighted by Gasteiger charge is 2.13. The molecule has 1 unspecified atom stereocenters. The first-order valence-corrected chi connectivity index (χ1v) is 3.73. The molecular formula is C7H14N2O4. The molecule has 0 aliphatic rings. The molecule has 0 aliphatic carbocycles. The highest BCUT2D eigenvalue weighted by atomic mass is 16.3. The summed E-state index contributed by atoms with van der Waals surface area (Å²) in [4.78, 5) is 10.4. The maximum absolute atomic E-state index is 10.4. The summed E-state index contributed by atoms with van der Waals surface area (Å²) in [6, 6.07) is -1.54. The van der Waals surface area contributed by atoms with Gasteiger partial charge in [-0.3, -0.25) is 0 Å². The number of primary amides is 1. The van der Waals surface area contributed by atoms with Crippen molar-refractivity contribution in [3.63, 3.8) is 0 Å². The van der Waals surface area contributed by atoms with E-state index in [9.17, 15) is 4.79 Å². The molecule has 2 amide bonds. The number of aliphatic hydroxyl groups excluding tert-OH is 3. The molecule has 0 radical (unpaired) electrons. The summed E-state index contributed by atoms with van der Waals surface area (Å²) in [6.45, 7) is -1.01. The molecule has 0 aromatic rings. The monoisotopic (exact) mass is 190 g/mol. The molecule has 0 spiro atoms. The normalized spacial score (nSPS) is 13.9. The van der Waals surface area contributed by atoms with Gasteiger partial charge in [0.1, 0.15) is 0 Å². The van der Waals surface area contributed by atoms with Crippen LogP contribution >= 0.6 is 0 Å². The first-order chi connectivity index (χ1) is 6.15. The minimum Gasteiger partial charge on any atom is -0.394 e. The van der Waals surface area contributed by atoms with Crippen molar-refractivity contribution < 1.29 is 20.1 Å². The number of nitrogens with one attached hydrogen (secondary N) is 1. The summed E-state index contributed by atoms with van der Waals surface area (Å²) >= 11 is 0. The standard InChI is InChI=1S/C7H14N2O4/c8-7(13)9-6(4-12)5(3-11)1-2-10/h1,6,10-12H,2-4H2,(H3,8,9,13). The third-order valence-electron chi connectivity index (χ3n) is 1.48. The quantitative estimate of drug-likeness (QED) is 0.320. The van der Waals surface area contributed by atoms with Crippen molar-refractivity contribution in [1.29, 1.82) is 0 Å². The maximum Gasteiger partial charge on any atom is 0.312 e. The number of aliphatic hydroxyl groups is 3. The van der Waals surface area contributed by atoms with Gasteiger partial charge >= 0.3 is 6.03 Å². The Hall–Kier alpha value is -1.11. The molecule has 0 aromatic heterocycles. The van der Waals surface area contributed by atoms with Crippen LogP contribution in [0.25, 0.3) is 0 Å². The van der Waals surface area contributed by atoms with Crippen molar-refractivity contribution >= 4 is 6.03 Å². The van der Waals surface area contributed by atoms with Crippen LogP contribution in [-0.2, 0) is 0 Å². The van der Waals surface area contributed by atoms with Crippen molar-refractivity contribution in [3.05, 3.63) is 11.6 Å². The molecule has 0 aromatic carbocycles. The minimum absolute atomic E-state index is 0.271. The van der Waals surface area contributed by atoms with E-state index >= 15 is 0 Å². The first-order valence-electron chi connectivity index (χ1n) is 3.73. The minimum atomic E-state index is -0.795. The average Bonchev–Trinajstić information content (AvgIpc) is 2.10. The number of hydrogen-bond acceptors (Lipinski definition) is 4. The molecule has 6 N–H and O–H groups in total. The lowest BCUT2D eigenvalue weighted by Crippen LogP contribution is -2.42. The highest BCUT2D eigenvalue weighted by molar-refractivity contribution is 5.72. The van der Waals surface area contributed by atoms with Gasteiger partial charge in [0.2, 0.25) is 0 Å². The van der Waals surface area contributed by atoms with E-state index in [1.54, 1.807) is 0 Å². The Labute approximate surface area is 75.7 Å². The van der Waals surface area contributed by atoms with Crippen molar-refractivity contribution in [2.45, 2.75) is 6.04 Å². The summed E-state index contributed by atoms with van der Waals surface area (Å²) in [7, 11) is 0. The fraction of sp³-hybridized carbons (Fsp3) is 0.571. The smallest absolute Gasteiger partial charge is 0.312 e. The van der Waals surface area contributed by atoms with Gasteiger partial charge < -0.3 is 26.4 Å². The highest BCUT2D eigenvalue weighted by Crippen LogP contribution is 2.00. The number of amides is 2. The third-order valence-corrected chi connectivity index (χ3v) is 1.48. The Kier molecular flexibility index (Phi) is 5.86. The van der Waals surface area contributed by atoms with Crippen LogP contribution in [0.5, 0.6) is 0 Å². The predicted molar refractivity (Wildman–Crippen MR) is 45.8 cm³/mol. The van der Waals surface area contributed by atoms with Gasteiger partial charge in [-0.15, -0.1) is 0 Å². The Morgan fingerprint density at radius 2 is 2.08 bits per heavy atom. The van der Waals surface area contributed by atoms with E-state index in [1.807, 2.05) is 0 Å². The Morgan fingerprint density at radius 3 is 2.38 bits per heavy atom. The first kappa shape index (κ1) is 11.9. The van der Waals surface area contributed by atoms with Gasteiger partial charge in [-0.25, -0.2) is 4.79 Å². The van der Waals surface area contributed by atoms with Crippen LogP contribution in [0.3, 0.4) is 0 Å². The molecule has 76 valence electrons. The van der Waals surface area contributed by atoms with E-state index in [1.165, 1.54) is 6.08 Å². The third kappa shape index (κ3) is 4.46. The zero-order valence-electron chi connectivity index (χ0n) is 7.10. The van der Waals surface area contributed by atoms with E-state index in [4.69, 9.17) is 21.1 Å². The van der Waals surface area contributed by atoms with Crippen LogP contribution in [0.1, 0.15) is 0 Å². The van der Waals surface area contributed by atoms with Crippen LogP contribution in [0, 0.1) is 0 Å². The van der Waals surface area contributed by atoms with E-state index in [0.717, 1.165) is 0 Å². The second kappa shape index (κ2) is 6.41. The molecule has 0 saturated carbocycles. The molecular weight excluding hydrogens is 176 g/mol. The van der Waals surface area contributed by atoms with Crippen LogP contribution in [0.4, 0.5) is 4.79 Å². The van der Waals surface area contributed by atoms with Crippen LogP contribution in [-0.4, -0.2) is 47.2 Å². The predicted octanol–water partition coefficient (Wildman–Crippen LogP) is -2.07. The fourth-order valence-electron chi connectivity index (χ4n) is 0.862. The molecule has 6 nitrogen and oxygen atoms in total. The molecule has 1 atom stereocenters. The molecule has 13 heavy (non-hydrogen) atoms. The molecule has 0 saturated heterocycles. The van der Waals surface area contributed by atoms with E-state index in [2.05, 4.69) is 5.32 Å². The summed E-state index contributed by atoms with van der Waals surface area (Å²) in [5.41, 5.74) is 5.15. The summed E-state index contributed by atoms with van der Waals surface area (Å²) in [6.07, 6.45) is 1.30. The van der Waals surface area contributed by atoms with Gasteiger partial charge in [0.05, 0.1) is 25.9 Å². The van der Waals surface area contributed by atoms with Crippen molar-refractivity contribution in [1.82, 2.24) is 5.32 Å². The zero-order valence-corrected chi connectivity index (χ0v) is 7.10. The van der Waals surface area contributed by atoms with E-state index in [0.29, 0.717) is 5.57 Å². The average molecular weight is 190 g/mol. The molecule has 0 heterocycles. The second-order valence-electron chi connectivity index (χ2n) is 2.36. The van der Waals surface area contributed by atoms with Gasteiger partial charge in [0, 0.05) is 0 Å². The molecule has 0 fully saturated rings. The van der Waals surface area contributed by atoms with Crippen molar-refractivity contribution in [3.8, 4) is 0 Å². The summed E-state index contributed by atoms with van der Waals surface area (Å²) in [5.74, 6) is 0. The van der Waals surface area contributed by atoms with Crippen molar-refractivity contribution in [2.75, 3.05) is 19.8 Å². The van der Waals surface area contributed by atoms with E-state index in [-0.39, 0.29) is 19.8 Å². The topological polar surface area (TPSA) is 116 Å². The summed E-state index contributed by atoms with van der Waals surface area (Å²) < 4.78 is 0. The lowest BCUT2D eigenvalue weighted by atomic mass is 10.1. The number of carbonyl (C=O) groups excluding carboxylic acids is 1. The summed E-state index contributed by atoms with van der Waals surface area (Å²) in [5, 5.41) is 28.3. The fourth-order valence-corrected chi connectivity index (χ4v) is 0.862. The van der Waals surface area contributed by atoms with Gasteiger partial charge in [0.15, 0.2) is 0 Å². The molecule has 0 bridgehead atoms. The molecule has 0 rings (SSSR count). The van der Waals surface area contributed by atoms with Gasteiger partial charge in [-0.2, -0.15) is 0 Å². The number of urea groups is 1. The molecule has 0 aliphatic heterocycles. The number of rotatable bonds is 5. The van der Waals surface area contributed by atoms with Crippen LogP contribution in [0.15, 0.2) is 11.6 Å². The van der Waals surface area contributed by atoms with Crippen LogP contribution < -0.4 is 11.1 Å². The second-order valence-corrected chi connectivity index (χ2v) is 2.36. The van der Waals surface area contributed by atoms with Gasteiger partial charge in [0.25, 0.3) is 0 Å². The maximum atomic E-state index is 10.4. The van der Waals surface area contributed by atoms with Gasteiger partial charge in [-0.05, 0) is 5.57 Å². The SMILES string of the molecule is NC(=O)NC(CO)C(=CCO)CO. The van der Waals surface area contributed by atoms with Crippen LogP contribution in [0.2, 0.25) is 0 Å². The largest absolute Gasteiger partial charge is 0.394 e. The van der Waals surface area contributed by atoms with Gasteiger partial charge in [-0.1, -0.05) is 6.08 Å². The lowest BCUT2D eigenvalue weighted by molar-refractivity contribution is 0.222. The Balaban J connectivity index is 4.34. The number of nitrogens with two attached hydrogens (primary N) is 1.